The molecule has 5 heteroatoms. The zero-order valence-corrected chi connectivity index (χ0v) is 14.2. The third-order valence-corrected chi connectivity index (χ3v) is 4.35. The molecule has 3 heterocycles. The van der Waals surface area contributed by atoms with Crippen LogP contribution in [0.15, 0.2) is 65.8 Å². The molecular formula is C20H18N4O. The van der Waals surface area contributed by atoms with E-state index in [1.165, 1.54) is 5.56 Å². The monoisotopic (exact) mass is 330 g/mol. The molecule has 0 atom stereocenters. The summed E-state index contributed by atoms with van der Waals surface area (Å²) < 4.78 is 3.78. The molecule has 5 nitrogen and oxygen atoms in total. The van der Waals surface area contributed by atoms with Gasteiger partial charge in [0.15, 0.2) is 0 Å². The summed E-state index contributed by atoms with van der Waals surface area (Å²) in [6.45, 7) is 2.54. The second-order valence-electron chi connectivity index (χ2n) is 6.20. The van der Waals surface area contributed by atoms with Crippen molar-refractivity contribution in [3.05, 3.63) is 82.5 Å². The maximum atomic E-state index is 12.0. The number of imidazole rings is 1. The molecule has 0 spiro atoms. The summed E-state index contributed by atoms with van der Waals surface area (Å²) in [7, 11) is 1.77. The SMILES string of the molecule is Cc1cc(-c2nc3cnccc3n2Cc2ccccc2)cn(C)c1=O. The van der Waals surface area contributed by atoms with Crippen LogP contribution in [-0.2, 0) is 13.6 Å². The minimum absolute atomic E-state index is 0.0103. The summed E-state index contributed by atoms with van der Waals surface area (Å²) in [5.74, 6) is 0.838. The van der Waals surface area contributed by atoms with E-state index in [1.54, 1.807) is 24.0 Å². The van der Waals surface area contributed by atoms with Gasteiger partial charge in [0.05, 0.1) is 11.7 Å². The van der Waals surface area contributed by atoms with Crippen molar-refractivity contribution in [3.8, 4) is 11.4 Å². The topological polar surface area (TPSA) is 52.7 Å². The van der Waals surface area contributed by atoms with Gasteiger partial charge in [-0.2, -0.15) is 0 Å². The van der Waals surface area contributed by atoms with Crippen molar-refractivity contribution >= 4 is 11.0 Å². The van der Waals surface area contributed by atoms with Crippen LogP contribution in [0.5, 0.6) is 0 Å². The van der Waals surface area contributed by atoms with E-state index >= 15 is 0 Å². The summed E-state index contributed by atoms with van der Waals surface area (Å²) in [6, 6.07) is 14.2. The van der Waals surface area contributed by atoms with Gasteiger partial charge in [-0.05, 0) is 24.6 Å². The molecule has 0 N–H and O–H groups in total. The van der Waals surface area contributed by atoms with Gasteiger partial charge in [0.1, 0.15) is 11.3 Å². The minimum atomic E-state index is 0.0103. The van der Waals surface area contributed by atoms with E-state index < -0.39 is 0 Å². The fraction of sp³-hybridized carbons (Fsp3) is 0.150. The number of nitrogens with zero attached hydrogens (tertiary/aromatic N) is 4. The van der Waals surface area contributed by atoms with Gasteiger partial charge in [-0.3, -0.25) is 9.78 Å². The molecule has 0 amide bonds. The van der Waals surface area contributed by atoms with Crippen molar-refractivity contribution in [2.75, 3.05) is 0 Å². The number of aromatic nitrogens is 4. The summed E-state index contributed by atoms with van der Waals surface area (Å²) in [5.41, 5.74) is 4.71. The number of aryl methyl sites for hydroxylation is 2. The van der Waals surface area contributed by atoms with Crippen LogP contribution in [0.2, 0.25) is 0 Å². The third kappa shape index (κ3) is 2.74. The second kappa shape index (κ2) is 6.02. The van der Waals surface area contributed by atoms with E-state index in [9.17, 15) is 4.79 Å². The highest BCUT2D eigenvalue weighted by atomic mass is 16.1. The van der Waals surface area contributed by atoms with Crippen LogP contribution >= 0.6 is 0 Å². The zero-order valence-electron chi connectivity index (χ0n) is 14.2. The van der Waals surface area contributed by atoms with Crippen molar-refractivity contribution < 1.29 is 0 Å². The van der Waals surface area contributed by atoms with Crippen molar-refractivity contribution in [2.24, 2.45) is 7.05 Å². The Morgan fingerprint density at radius 1 is 1.12 bits per heavy atom. The Bertz CT molecular complexity index is 1080. The van der Waals surface area contributed by atoms with Crippen LogP contribution in [0.4, 0.5) is 0 Å². The predicted molar refractivity (Wildman–Crippen MR) is 98.5 cm³/mol. The first-order valence-corrected chi connectivity index (χ1v) is 8.15. The van der Waals surface area contributed by atoms with Crippen LogP contribution in [-0.4, -0.2) is 19.1 Å². The van der Waals surface area contributed by atoms with Gasteiger partial charge in [-0.15, -0.1) is 0 Å². The molecular weight excluding hydrogens is 312 g/mol. The zero-order chi connectivity index (χ0) is 17.4. The number of pyridine rings is 2. The molecule has 0 aliphatic rings. The normalized spacial score (nSPS) is 11.1. The number of rotatable bonds is 3. The number of benzene rings is 1. The highest BCUT2D eigenvalue weighted by Gasteiger charge is 2.14. The van der Waals surface area contributed by atoms with Crippen LogP contribution in [0.3, 0.4) is 0 Å². The van der Waals surface area contributed by atoms with Crippen LogP contribution in [0, 0.1) is 6.92 Å². The maximum absolute atomic E-state index is 12.0. The molecule has 25 heavy (non-hydrogen) atoms. The van der Waals surface area contributed by atoms with E-state index in [2.05, 4.69) is 21.7 Å². The fourth-order valence-corrected chi connectivity index (χ4v) is 3.13. The van der Waals surface area contributed by atoms with Gasteiger partial charge in [-0.1, -0.05) is 30.3 Å². The Morgan fingerprint density at radius 3 is 2.68 bits per heavy atom. The lowest BCUT2D eigenvalue weighted by Gasteiger charge is -2.11. The smallest absolute Gasteiger partial charge is 0.253 e. The average molecular weight is 330 g/mol. The molecule has 4 aromatic rings. The van der Waals surface area contributed by atoms with E-state index in [1.807, 2.05) is 43.5 Å². The summed E-state index contributed by atoms with van der Waals surface area (Å²) in [5, 5.41) is 0. The lowest BCUT2D eigenvalue weighted by molar-refractivity contribution is 0.819. The Hall–Kier alpha value is -3.21. The van der Waals surface area contributed by atoms with Gasteiger partial charge < -0.3 is 9.13 Å². The molecule has 4 rings (SSSR count). The Labute approximate surface area is 145 Å². The van der Waals surface area contributed by atoms with Crippen molar-refractivity contribution in [1.82, 2.24) is 19.1 Å². The van der Waals surface area contributed by atoms with Crippen LogP contribution < -0.4 is 5.56 Å². The quantitative estimate of drug-likeness (QED) is 0.580. The second-order valence-corrected chi connectivity index (χ2v) is 6.20. The molecule has 0 fully saturated rings. The van der Waals surface area contributed by atoms with Crippen molar-refractivity contribution in [2.45, 2.75) is 13.5 Å². The first-order chi connectivity index (χ1) is 12.1. The summed E-state index contributed by atoms with van der Waals surface area (Å²) >= 11 is 0. The lowest BCUT2D eigenvalue weighted by atomic mass is 10.2. The molecule has 1 aromatic carbocycles. The first kappa shape index (κ1) is 15.3. The highest BCUT2D eigenvalue weighted by molar-refractivity contribution is 5.79. The Balaban J connectivity index is 1.94. The molecule has 0 unspecified atom stereocenters. The minimum Gasteiger partial charge on any atom is -0.319 e. The largest absolute Gasteiger partial charge is 0.319 e. The summed E-state index contributed by atoms with van der Waals surface area (Å²) in [6.07, 6.45) is 5.39. The number of hydrogen-bond donors (Lipinski definition) is 0. The molecule has 3 aromatic heterocycles. The Kier molecular flexibility index (Phi) is 3.69. The Morgan fingerprint density at radius 2 is 1.92 bits per heavy atom. The molecule has 0 radical (unpaired) electrons. The average Bonchev–Trinajstić information content (AvgIpc) is 2.99. The molecule has 124 valence electrons. The molecule has 0 bridgehead atoms. The van der Waals surface area contributed by atoms with Crippen LogP contribution in [0.25, 0.3) is 22.4 Å². The number of hydrogen-bond acceptors (Lipinski definition) is 3. The fourth-order valence-electron chi connectivity index (χ4n) is 3.13. The van der Waals surface area contributed by atoms with Gasteiger partial charge in [0.2, 0.25) is 0 Å². The molecule has 0 aliphatic carbocycles. The van der Waals surface area contributed by atoms with Gasteiger partial charge in [-0.25, -0.2) is 4.98 Å². The maximum Gasteiger partial charge on any atom is 0.253 e. The molecule has 0 aliphatic heterocycles. The van der Waals surface area contributed by atoms with Gasteiger partial charge >= 0.3 is 0 Å². The molecule has 0 saturated heterocycles. The number of fused-ring (bicyclic) bond motifs is 1. The standard InChI is InChI=1S/C20H18N4O/c1-14-10-16(13-23(2)20(14)25)19-22-17-11-21-9-8-18(17)24(19)12-15-6-4-3-5-7-15/h3-11,13H,12H2,1-2H3. The highest BCUT2D eigenvalue weighted by Crippen LogP contribution is 2.25. The van der Waals surface area contributed by atoms with E-state index in [0.717, 1.165) is 22.4 Å². The van der Waals surface area contributed by atoms with Crippen molar-refractivity contribution in [1.29, 1.82) is 0 Å². The van der Waals surface area contributed by atoms with Gasteiger partial charge in [0.25, 0.3) is 5.56 Å². The first-order valence-electron chi connectivity index (χ1n) is 8.15. The third-order valence-electron chi connectivity index (χ3n) is 4.35. The molecule has 0 saturated carbocycles. The van der Waals surface area contributed by atoms with E-state index in [-0.39, 0.29) is 5.56 Å². The van der Waals surface area contributed by atoms with Crippen molar-refractivity contribution in [3.63, 3.8) is 0 Å². The predicted octanol–water partition coefficient (Wildman–Crippen LogP) is 3.15. The van der Waals surface area contributed by atoms with Gasteiger partial charge in [0, 0.05) is 37.1 Å². The van der Waals surface area contributed by atoms with E-state index in [4.69, 9.17) is 4.98 Å². The van der Waals surface area contributed by atoms with Crippen LogP contribution in [0.1, 0.15) is 11.1 Å². The lowest BCUT2D eigenvalue weighted by Crippen LogP contribution is -2.18. The van der Waals surface area contributed by atoms with E-state index in [0.29, 0.717) is 12.1 Å². The summed E-state index contributed by atoms with van der Waals surface area (Å²) in [4.78, 5) is 21.0.